The topological polar surface area (TPSA) is 66.4 Å². The number of allylic oxidation sites excluding steroid dienone is 1. The van der Waals surface area contributed by atoms with E-state index in [4.69, 9.17) is 5.11 Å². The molecule has 1 unspecified atom stereocenters. The molecule has 1 aliphatic rings. The Labute approximate surface area is 63.2 Å². The highest BCUT2D eigenvalue weighted by atomic mass is 16.4. The number of carbonyl (C=O) groups excluding carboxylic acids is 1. The zero-order valence-corrected chi connectivity index (χ0v) is 5.70. The van der Waals surface area contributed by atoms with Crippen molar-refractivity contribution in [3.8, 4) is 0 Å². The van der Waals surface area contributed by atoms with E-state index < -0.39 is 17.8 Å². The van der Waals surface area contributed by atoms with E-state index in [1.54, 1.807) is 0 Å². The summed E-state index contributed by atoms with van der Waals surface area (Å²) in [7, 11) is 0. The molecule has 0 radical (unpaired) electrons. The summed E-state index contributed by atoms with van der Waals surface area (Å²) in [4.78, 5) is 21.3. The highest BCUT2D eigenvalue weighted by Gasteiger charge is 2.29. The van der Waals surface area contributed by atoms with Crippen molar-refractivity contribution in [2.75, 3.05) is 0 Å². The van der Waals surface area contributed by atoms with Gasteiger partial charge in [-0.05, 0) is 11.6 Å². The summed E-state index contributed by atoms with van der Waals surface area (Å²) in [5.41, 5.74) is 0.307. The Morgan fingerprint density at radius 3 is 2.73 bits per heavy atom. The van der Waals surface area contributed by atoms with Crippen LogP contribution in [0.2, 0.25) is 0 Å². The van der Waals surface area contributed by atoms with Gasteiger partial charge in [-0.25, -0.2) is 0 Å². The van der Waals surface area contributed by atoms with Crippen molar-refractivity contribution >= 4 is 11.9 Å². The Bertz CT molecular complexity index is 254. The molecule has 0 fully saturated rings. The Kier molecular flexibility index (Phi) is 1.76. The number of rotatable bonds is 1. The number of carboxylic acids is 1. The summed E-state index contributed by atoms with van der Waals surface area (Å²) in [6.45, 7) is 3.44. The van der Waals surface area contributed by atoms with Crippen LogP contribution < -0.4 is 5.32 Å². The third-order valence-electron chi connectivity index (χ3n) is 1.40. The summed E-state index contributed by atoms with van der Waals surface area (Å²) in [5.74, 6) is -2.83. The second kappa shape index (κ2) is 2.57. The van der Waals surface area contributed by atoms with Gasteiger partial charge in [0.25, 0.3) is 0 Å². The second-order valence-electron chi connectivity index (χ2n) is 2.19. The molecule has 0 spiro atoms. The number of aliphatic carboxylic acids is 1. The molecule has 1 amide bonds. The second-order valence-corrected chi connectivity index (χ2v) is 2.19. The highest BCUT2D eigenvalue weighted by molar-refractivity contribution is 6.01. The van der Waals surface area contributed by atoms with Gasteiger partial charge in [-0.15, -0.1) is 0 Å². The molecule has 0 aliphatic carbocycles. The van der Waals surface area contributed by atoms with Crippen LogP contribution in [0.5, 0.6) is 0 Å². The van der Waals surface area contributed by atoms with Crippen LogP contribution in [0.25, 0.3) is 0 Å². The summed E-state index contributed by atoms with van der Waals surface area (Å²) in [5, 5.41) is 10.8. The van der Waals surface area contributed by atoms with Crippen LogP contribution in [0.3, 0.4) is 0 Å². The summed E-state index contributed by atoms with van der Waals surface area (Å²) < 4.78 is 0. The van der Waals surface area contributed by atoms with Crippen LogP contribution >= 0.6 is 0 Å². The molecule has 2 N–H and O–H groups in total. The van der Waals surface area contributed by atoms with E-state index in [2.05, 4.69) is 11.9 Å². The number of hydrogen-bond acceptors (Lipinski definition) is 2. The molecule has 58 valence electrons. The number of nitrogens with one attached hydrogen (secondary N) is 1. The van der Waals surface area contributed by atoms with Crippen molar-refractivity contribution in [1.82, 2.24) is 5.32 Å². The van der Waals surface area contributed by atoms with Gasteiger partial charge in [-0.2, -0.15) is 0 Å². The van der Waals surface area contributed by atoms with Crippen LogP contribution in [0.4, 0.5) is 0 Å². The molecular formula is C7H7NO3. The quantitative estimate of drug-likeness (QED) is 0.516. The van der Waals surface area contributed by atoms with Crippen LogP contribution in [0.15, 0.2) is 24.4 Å². The van der Waals surface area contributed by atoms with Gasteiger partial charge in [0.05, 0.1) is 0 Å². The van der Waals surface area contributed by atoms with Gasteiger partial charge in [-0.3, -0.25) is 9.59 Å². The maximum Gasteiger partial charge on any atom is 0.320 e. The van der Waals surface area contributed by atoms with E-state index in [1.807, 2.05) is 0 Å². The molecule has 0 aromatic heterocycles. The van der Waals surface area contributed by atoms with Gasteiger partial charge < -0.3 is 10.4 Å². The van der Waals surface area contributed by atoms with Crippen molar-refractivity contribution < 1.29 is 14.7 Å². The van der Waals surface area contributed by atoms with Gasteiger partial charge >= 0.3 is 5.97 Å². The Morgan fingerprint density at radius 2 is 2.36 bits per heavy atom. The van der Waals surface area contributed by atoms with Crippen molar-refractivity contribution in [1.29, 1.82) is 0 Å². The van der Waals surface area contributed by atoms with Crippen molar-refractivity contribution in [2.24, 2.45) is 5.92 Å². The smallest absolute Gasteiger partial charge is 0.320 e. The maximum absolute atomic E-state index is 10.8. The third-order valence-corrected chi connectivity index (χ3v) is 1.40. The number of hydrogen-bond donors (Lipinski definition) is 2. The molecule has 4 heteroatoms. The number of amides is 1. The van der Waals surface area contributed by atoms with E-state index in [-0.39, 0.29) is 0 Å². The number of carbonyl (C=O) groups is 2. The van der Waals surface area contributed by atoms with E-state index in [0.717, 1.165) is 0 Å². The molecule has 1 heterocycles. The molecule has 0 aromatic rings. The molecule has 1 aliphatic heterocycles. The first-order valence-corrected chi connectivity index (χ1v) is 3.01. The third kappa shape index (κ3) is 1.29. The van der Waals surface area contributed by atoms with Crippen molar-refractivity contribution in [3.63, 3.8) is 0 Å². The zero-order chi connectivity index (χ0) is 8.43. The first-order valence-electron chi connectivity index (χ1n) is 3.01. The SMILES string of the molecule is C=C1C=CNC(=O)C1C(=O)O. The van der Waals surface area contributed by atoms with Gasteiger partial charge in [0.2, 0.25) is 5.91 Å². The van der Waals surface area contributed by atoms with Gasteiger partial charge in [-0.1, -0.05) is 6.58 Å². The first-order chi connectivity index (χ1) is 5.13. The maximum atomic E-state index is 10.8. The van der Waals surface area contributed by atoms with Crippen LogP contribution in [-0.4, -0.2) is 17.0 Å². The molecule has 0 aromatic carbocycles. The minimum Gasteiger partial charge on any atom is -0.480 e. The fourth-order valence-electron chi connectivity index (χ4n) is 0.850. The molecule has 4 nitrogen and oxygen atoms in total. The fraction of sp³-hybridized carbons (Fsp3) is 0.143. The summed E-state index contributed by atoms with van der Waals surface area (Å²) in [6.07, 6.45) is 2.85. The monoisotopic (exact) mass is 153 g/mol. The van der Waals surface area contributed by atoms with Gasteiger partial charge in [0.15, 0.2) is 5.92 Å². The van der Waals surface area contributed by atoms with E-state index in [0.29, 0.717) is 5.57 Å². The lowest BCUT2D eigenvalue weighted by molar-refractivity contribution is -0.144. The van der Waals surface area contributed by atoms with Crippen LogP contribution in [-0.2, 0) is 9.59 Å². The summed E-state index contributed by atoms with van der Waals surface area (Å²) in [6, 6.07) is 0. The minimum atomic E-state index is -1.17. The van der Waals surface area contributed by atoms with E-state index >= 15 is 0 Å². The largest absolute Gasteiger partial charge is 0.480 e. The molecule has 1 rings (SSSR count). The average molecular weight is 153 g/mol. The predicted octanol–water partition coefficient (Wildman–Crippen LogP) is -0.113. The molecule has 0 bridgehead atoms. The van der Waals surface area contributed by atoms with Crippen molar-refractivity contribution in [3.05, 3.63) is 24.4 Å². The van der Waals surface area contributed by atoms with Crippen molar-refractivity contribution in [2.45, 2.75) is 0 Å². The average Bonchev–Trinajstić information content (AvgIpc) is 1.85. The molecule has 1 atom stereocenters. The van der Waals surface area contributed by atoms with Gasteiger partial charge in [0, 0.05) is 6.20 Å². The molecule has 0 saturated heterocycles. The number of carboxylic acid groups (broad SMARTS) is 1. The molecule has 11 heavy (non-hydrogen) atoms. The minimum absolute atomic E-state index is 0.307. The summed E-state index contributed by atoms with van der Waals surface area (Å²) >= 11 is 0. The molecule has 0 saturated carbocycles. The van der Waals surface area contributed by atoms with E-state index in [9.17, 15) is 9.59 Å². The lowest BCUT2D eigenvalue weighted by Crippen LogP contribution is -2.35. The lowest BCUT2D eigenvalue weighted by Gasteiger charge is -2.14. The first kappa shape index (κ1) is 7.53. The predicted molar refractivity (Wildman–Crippen MR) is 37.5 cm³/mol. The highest BCUT2D eigenvalue weighted by Crippen LogP contribution is 2.13. The fourth-order valence-corrected chi connectivity index (χ4v) is 0.850. The van der Waals surface area contributed by atoms with Crippen LogP contribution in [0, 0.1) is 5.92 Å². The zero-order valence-electron chi connectivity index (χ0n) is 5.70. The molecular weight excluding hydrogens is 146 g/mol. The van der Waals surface area contributed by atoms with E-state index in [1.165, 1.54) is 12.3 Å². The van der Waals surface area contributed by atoms with Crippen LogP contribution in [0.1, 0.15) is 0 Å². The van der Waals surface area contributed by atoms with Gasteiger partial charge in [0.1, 0.15) is 0 Å². The standard InChI is InChI=1S/C7H7NO3/c1-4-2-3-8-6(9)5(4)7(10)11/h2-3,5H,1H2,(H,8,9)(H,10,11). The normalized spacial score (nSPS) is 23.1. The Hall–Kier alpha value is -1.58. The lowest BCUT2D eigenvalue weighted by atomic mass is 9.98. The Morgan fingerprint density at radius 1 is 1.73 bits per heavy atom. The Balaban J connectivity index is 2.92.